The highest BCUT2D eigenvalue weighted by Gasteiger charge is 2.30. The van der Waals surface area contributed by atoms with Gasteiger partial charge in [-0.2, -0.15) is 0 Å². The summed E-state index contributed by atoms with van der Waals surface area (Å²) < 4.78 is 11.2. The van der Waals surface area contributed by atoms with Gasteiger partial charge in [0.1, 0.15) is 0 Å². The number of rotatable bonds is 7. The number of fused-ring (bicyclic) bond motifs is 1. The molecule has 2 saturated heterocycles. The highest BCUT2D eigenvalue weighted by atomic mass is 16.5. The van der Waals surface area contributed by atoms with Crippen LogP contribution in [-0.4, -0.2) is 54.7 Å². The number of furan rings is 1. The minimum Gasteiger partial charge on any atom is -0.472 e. The fourth-order valence-electron chi connectivity index (χ4n) is 5.58. The summed E-state index contributed by atoms with van der Waals surface area (Å²) in [6.07, 6.45) is 11.6. The van der Waals surface area contributed by atoms with Crippen LogP contribution < -0.4 is 0 Å². The van der Waals surface area contributed by atoms with Crippen LogP contribution in [0.4, 0.5) is 0 Å². The second-order valence-electron chi connectivity index (χ2n) is 9.27. The third-order valence-corrected chi connectivity index (χ3v) is 7.18. The molecule has 0 amide bonds. The maximum absolute atomic E-state index is 5.93. The topological polar surface area (TPSA) is 28.9 Å². The number of ether oxygens (including phenoxy) is 1. The first-order valence-corrected chi connectivity index (χ1v) is 11.5. The molecular weight excluding hydrogens is 360 g/mol. The Bertz CT molecular complexity index is 736. The normalized spacial score (nSPS) is 23.8. The zero-order valence-corrected chi connectivity index (χ0v) is 17.5. The number of benzene rings is 1. The van der Waals surface area contributed by atoms with Crippen molar-refractivity contribution in [3.05, 3.63) is 59.5 Å². The molecule has 0 bridgehead atoms. The van der Waals surface area contributed by atoms with Gasteiger partial charge in [0.25, 0.3) is 0 Å². The van der Waals surface area contributed by atoms with Crippen LogP contribution in [0.3, 0.4) is 0 Å². The van der Waals surface area contributed by atoms with Crippen molar-refractivity contribution in [3.8, 4) is 0 Å². The first-order chi connectivity index (χ1) is 14.3. The first-order valence-electron chi connectivity index (χ1n) is 11.5. The van der Waals surface area contributed by atoms with Crippen LogP contribution >= 0.6 is 0 Å². The molecule has 2 aromatic rings. The van der Waals surface area contributed by atoms with Crippen molar-refractivity contribution < 1.29 is 9.15 Å². The van der Waals surface area contributed by atoms with E-state index in [-0.39, 0.29) is 0 Å². The zero-order valence-electron chi connectivity index (χ0n) is 17.5. The monoisotopic (exact) mass is 394 g/mol. The average molecular weight is 395 g/mol. The van der Waals surface area contributed by atoms with E-state index in [4.69, 9.17) is 9.15 Å². The summed E-state index contributed by atoms with van der Waals surface area (Å²) >= 11 is 0. The average Bonchev–Trinajstić information content (AvgIpc) is 3.50. The molecule has 1 aromatic heterocycles. The van der Waals surface area contributed by atoms with Crippen LogP contribution in [0.15, 0.2) is 47.3 Å². The van der Waals surface area contributed by atoms with Crippen LogP contribution in [0.5, 0.6) is 0 Å². The number of piperidine rings is 1. The molecule has 1 aromatic carbocycles. The van der Waals surface area contributed by atoms with Crippen LogP contribution in [0.25, 0.3) is 0 Å². The molecule has 0 spiro atoms. The second kappa shape index (κ2) is 9.03. The number of nitrogens with zero attached hydrogens (tertiary/aromatic N) is 2. The largest absolute Gasteiger partial charge is 0.472 e. The first kappa shape index (κ1) is 19.3. The molecule has 29 heavy (non-hydrogen) atoms. The van der Waals surface area contributed by atoms with Gasteiger partial charge in [-0.3, -0.25) is 9.80 Å². The van der Waals surface area contributed by atoms with Gasteiger partial charge in [0.2, 0.25) is 0 Å². The summed E-state index contributed by atoms with van der Waals surface area (Å²) in [7, 11) is 0. The fourth-order valence-corrected chi connectivity index (χ4v) is 5.58. The lowest BCUT2D eigenvalue weighted by Gasteiger charge is -2.38. The third kappa shape index (κ3) is 4.76. The maximum Gasteiger partial charge on any atom is 0.0947 e. The lowest BCUT2D eigenvalue weighted by atomic mass is 9.94. The minimum atomic E-state index is 0.416. The Labute approximate surface area is 174 Å². The van der Waals surface area contributed by atoms with Gasteiger partial charge in [-0.05, 0) is 74.7 Å². The SMILES string of the molecule is c1ccc2c(c1)CC(N1CCC(CN(Cc3ccoc3)CC3CCCO3)CC1)C2. The van der Waals surface area contributed by atoms with Crippen LogP contribution in [0, 0.1) is 5.92 Å². The Morgan fingerprint density at radius 3 is 2.41 bits per heavy atom. The van der Waals surface area contributed by atoms with Crippen LogP contribution in [-0.2, 0) is 24.1 Å². The molecule has 1 unspecified atom stereocenters. The summed E-state index contributed by atoms with van der Waals surface area (Å²) in [6, 6.07) is 11.8. The fraction of sp³-hybridized carbons (Fsp3) is 0.600. The molecule has 3 aliphatic rings. The molecule has 156 valence electrons. The van der Waals surface area contributed by atoms with Gasteiger partial charge in [-0.1, -0.05) is 24.3 Å². The summed E-state index contributed by atoms with van der Waals surface area (Å²) in [6.45, 7) is 6.67. The predicted octanol–water partition coefficient (Wildman–Crippen LogP) is 4.14. The Balaban J connectivity index is 1.14. The van der Waals surface area contributed by atoms with E-state index in [1.54, 1.807) is 17.4 Å². The van der Waals surface area contributed by atoms with E-state index in [2.05, 4.69) is 40.1 Å². The van der Waals surface area contributed by atoms with E-state index in [0.29, 0.717) is 6.10 Å². The van der Waals surface area contributed by atoms with Gasteiger partial charge >= 0.3 is 0 Å². The smallest absolute Gasteiger partial charge is 0.0947 e. The van der Waals surface area contributed by atoms with Crippen molar-refractivity contribution in [3.63, 3.8) is 0 Å². The van der Waals surface area contributed by atoms with Gasteiger partial charge in [0.05, 0.1) is 18.6 Å². The number of likely N-dealkylation sites (tertiary alicyclic amines) is 1. The quantitative estimate of drug-likeness (QED) is 0.706. The van der Waals surface area contributed by atoms with E-state index in [9.17, 15) is 0 Å². The molecule has 0 radical (unpaired) electrons. The van der Waals surface area contributed by atoms with E-state index in [1.165, 1.54) is 63.7 Å². The molecule has 2 fully saturated rings. The maximum atomic E-state index is 5.93. The van der Waals surface area contributed by atoms with Gasteiger partial charge in [0.15, 0.2) is 0 Å². The molecule has 3 heterocycles. The summed E-state index contributed by atoms with van der Waals surface area (Å²) in [5.74, 6) is 0.795. The Morgan fingerprint density at radius 1 is 0.966 bits per heavy atom. The van der Waals surface area contributed by atoms with Gasteiger partial charge in [-0.25, -0.2) is 0 Å². The van der Waals surface area contributed by atoms with Crippen molar-refractivity contribution in [2.24, 2.45) is 5.92 Å². The lowest BCUT2D eigenvalue weighted by molar-refractivity contribution is 0.0541. The Morgan fingerprint density at radius 2 is 1.76 bits per heavy atom. The second-order valence-corrected chi connectivity index (χ2v) is 9.27. The molecule has 0 saturated carbocycles. The molecule has 1 atom stereocenters. The van der Waals surface area contributed by atoms with E-state index < -0.39 is 0 Å². The zero-order chi connectivity index (χ0) is 19.5. The lowest BCUT2D eigenvalue weighted by Crippen LogP contribution is -2.44. The molecule has 1 aliphatic carbocycles. The van der Waals surface area contributed by atoms with E-state index in [0.717, 1.165) is 31.7 Å². The van der Waals surface area contributed by atoms with Gasteiger partial charge < -0.3 is 9.15 Å². The van der Waals surface area contributed by atoms with Gasteiger partial charge in [0, 0.05) is 37.8 Å². The highest BCUT2D eigenvalue weighted by Crippen LogP contribution is 2.29. The van der Waals surface area contributed by atoms with E-state index >= 15 is 0 Å². The summed E-state index contributed by atoms with van der Waals surface area (Å²) in [5, 5.41) is 0. The predicted molar refractivity (Wildman–Crippen MR) is 115 cm³/mol. The summed E-state index contributed by atoms with van der Waals surface area (Å²) in [5.41, 5.74) is 4.43. The van der Waals surface area contributed by atoms with Crippen molar-refractivity contribution in [2.75, 3.05) is 32.8 Å². The van der Waals surface area contributed by atoms with E-state index in [1.807, 2.05) is 6.26 Å². The standard InChI is InChI=1S/C25H34N2O2/c1-2-5-23-15-24(14-22(23)4-1)27-10-7-20(8-11-27)16-26(17-21-9-13-28-19-21)18-25-6-3-12-29-25/h1-2,4-5,9,13,19-20,24-25H,3,6-8,10-12,14-18H2. The molecular formula is C25H34N2O2. The van der Waals surface area contributed by atoms with Crippen molar-refractivity contribution >= 4 is 0 Å². The van der Waals surface area contributed by atoms with Crippen LogP contribution in [0.1, 0.15) is 42.4 Å². The number of hydrogen-bond donors (Lipinski definition) is 0. The highest BCUT2D eigenvalue weighted by molar-refractivity contribution is 5.33. The van der Waals surface area contributed by atoms with Crippen molar-refractivity contribution in [1.29, 1.82) is 0 Å². The minimum absolute atomic E-state index is 0.416. The summed E-state index contributed by atoms with van der Waals surface area (Å²) in [4.78, 5) is 5.38. The molecule has 5 rings (SSSR count). The Kier molecular flexibility index (Phi) is 6.03. The molecule has 2 aliphatic heterocycles. The molecule has 0 N–H and O–H groups in total. The molecule has 4 heteroatoms. The third-order valence-electron chi connectivity index (χ3n) is 7.18. The van der Waals surface area contributed by atoms with Gasteiger partial charge in [-0.15, -0.1) is 0 Å². The van der Waals surface area contributed by atoms with Crippen LogP contribution in [0.2, 0.25) is 0 Å². The van der Waals surface area contributed by atoms with Crippen molar-refractivity contribution in [2.45, 2.75) is 57.2 Å². The van der Waals surface area contributed by atoms with Crippen molar-refractivity contribution in [1.82, 2.24) is 9.80 Å². The number of hydrogen-bond acceptors (Lipinski definition) is 4. The Hall–Kier alpha value is -1.62. The molecule has 4 nitrogen and oxygen atoms in total.